The summed E-state index contributed by atoms with van der Waals surface area (Å²) in [5.41, 5.74) is -2.10. The van der Waals surface area contributed by atoms with Crippen molar-refractivity contribution >= 4 is 112 Å². The van der Waals surface area contributed by atoms with Gasteiger partial charge in [0, 0.05) is 12.0 Å². The van der Waals surface area contributed by atoms with Crippen LogP contribution in [0.4, 0.5) is 30.7 Å². The summed E-state index contributed by atoms with van der Waals surface area (Å²) in [6.45, 7) is 0.401. The van der Waals surface area contributed by atoms with Crippen LogP contribution in [-0.2, 0) is 30.9 Å². The van der Waals surface area contributed by atoms with Crippen molar-refractivity contribution in [3.8, 4) is 0 Å². The number of hydrogen-bond donors (Lipinski definition) is 3. The van der Waals surface area contributed by atoms with E-state index in [1.54, 1.807) is 36.4 Å². The van der Waals surface area contributed by atoms with Gasteiger partial charge in [0.15, 0.2) is 5.60 Å². The minimum Gasteiger partial charge on any atom is -0.423 e. The Bertz CT molecular complexity index is 2330. The zero-order valence-electron chi connectivity index (χ0n) is 31.1. The molecule has 7 rings (SSSR count). The Kier molecular flexibility index (Phi) is 15.4. The summed E-state index contributed by atoms with van der Waals surface area (Å²) in [5.74, 6) is 0. The summed E-state index contributed by atoms with van der Waals surface area (Å²) in [6, 6.07) is 14.8. The van der Waals surface area contributed by atoms with Gasteiger partial charge in [0.2, 0.25) is 0 Å². The number of fused-ring (bicyclic) bond motifs is 2. The molecule has 0 amide bonds. The van der Waals surface area contributed by atoms with E-state index in [2.05, 4.69) is 16.9 Å². The monoisotopic (exact) mass is 974 g/mol. The number of nitrogens with zero attached hydrogens (tertiary/aromatic N) is 2. The molecule has 0 bridgehead atoms. The zero-order chi connectivity index (χ0) is 45.2. The lowest BCUT2D eigenvalue weighted by molar-refractivity contribution is -0.0686. The van der Waals surface area contributed by atoms with Crippen LogP contribution in [0.5, 0.6) is 0 Å². The van der Waals surface area contributed by atoms with Crippen LogP contribution in [0.15, 0.2) is 77.6 Å². The fourth-order valence-corrected chi connectivity index (χ4v) is 7.64. The normalized spacial score (nSPS) is 18.5. The Hall–Kier alpha value is -3.22. The molecule has 324 valence electrons. The summed E-state index contributed by atoms with van der Waals surface area (Å²) < 4.78 is 100. The van der Waals surface area contributed by atoms with Gasteiger partial charge in [-0.25, -0.2) is 17.6 Å². The van der Waals surface area contributed by atoms with E-state index < -0.39 is 69.5 Å². The Morgan fingerprint density at radius 2 is 1.23 bits per heavy atom. The molecule has 0 saturated carbocycles. The maximum Gasteiger partial charge on any atom is 0.492 e. The predicted molar refractivity (Wildman–Crippen MR) is 225 cm³/mol. The summed E-state index contributed by atoms with van der Waals surface area (Å²) in [5, 5.41) is 35.8. The first-order valence-corrected chi connectivity index (χ1v) is 19.6. The second-order valence-electron chi connectivity index (χ2n) is 13.9. The van der Waals surface area contributed by atoms with Gasteiger partial charge in [-0.15, -0.1) is 0 Å². The van der Waals surface area contributed by atoms with Crippen LogP contribution in [0, 0.1) is 0 Å². The van der Waals surface area contributed by atoms with Crippen LogP contribution in [0.2, 0.25) is 30.1 Å². The van der Waals surface area contributed by atoms with Crippen LogP contribution in [0.1, 0.15) is 46.7 Å². The first kappa shape index (κ1) is 48.8. The van der Waals surface area contributed by atoms with E-state index >= 15 is 0 Å². The van der Waals surface area contributed by atoms with Gasteiger partial charge in [-0.1, -0.05) is 111 Å². The number of oxime groups is 2. The third kappa shape index (κ3) is 9.96. The molecule has 3 heterocycles. The highest BCUT2D eigenvalue weighted by atomic mass is 35.5. The van der Waals surface area contributed by atoms with E-state index in [4.69, 9.17) is 89.0 Å². The molecule has 61 heavy (non-hydrogen) atoms. The molecule has 0 spiro atoms. The highest BCUT2D eigenvalue weighted by molar-refractivity contribution is 6.62. The number of allylic oxidation sites excluding steroid dienone is 1. The maximum atomic E-state index is 13.6. The largest absolute Gasteiger partial charge is 0.492 e. The first-order chi connectivity index (χ1) is 28.6. The average Bonchev–Trinajstić information content (AvgIpc) is 3.87. The molecule has 8 nitrogen and oxygen atoms in total. The van der Waals surface area contributed by atoms with Crippen molar-refractivity contribution < 1.29 is 60.1 Å². The number of halogens is 13. The molecular formula is C38H29B2Cl6F7N2O6. The predicted octanol–water partition coefficient (Wildman–Crippen LogP) is 10.1. The molecule has 0 aliphatic carbocycles. The van der Waals surface area contributed by atoms with Gasteiger partial charge >= 0.3 is 20.4 Å². The SMILES string of the molecule is C=C(c1cc(Cl)c(Cl)c(Cl)c1)C(F)(F)F.CC1(c2cc(Cl)c(Cl)c(Cl)c2)CC(c2ccc3c(c2)C(CF)(CF)OB3O)=NO1.O/N=C/c1ccc2c(c1)C(CF)(CF)OB2O. The summed E-state index contributed by atoms with van der Waals surface area (Å²) in [4.78, 5) is 5.69. The summed E-state index contributed by atoms with van der Waals surface area (Å²) in [7, 11) is -2.72. The van der Waals surface area contributed by atoms with Crippen molar-refractivity contribution in [1.82, 2.24) is 0 Å². The van der Waals surface area contributed by atoms with Crippen LogP contribution < -0.4 is 10.9 Å². The molecule has 23 heteroatoms. The maximum absolute atomic E-state index is 13.6. The van der Waals surface area contributed by atoms with Crippen LogP contribution in [0.25, 0.3) is 5.57 Å². The van der Waals surface area contributed by atoms with Gasteiger partial charge in [-0.2, -0.15) is 13.2 Å². The molecule has 4 aromatic rings. The fourth-order valence-electron chi connectivity index (χ4n) is 6.45. The zero-order valence-corrected chi connectivity index (χ0v) is 35.7. The number of benzene rings is 4. The van der Waals surface area contributed by atoms with Crippen molar-refractivity contribution in [3.63, 3.8) is 0 Å². The molecule has 0 fully saturated rings. The standard InChI is InChI=1S/C19H15BCl3F2NO3.C10H10BF2NO3.C9H4Cl3F3/c1-18(11-5-14(21)17(23)15(22)6-11)7-16(26-29-18)10-2-3-13-12(4-10)19(8-24,9-25)28-20(13)27;12-5-10(6-13)8-3-7(4-14-16)1-2-9(8)11(15)17-10;1-4(9(13,14)15)5-2-6(10)8(12)7(11)3-5/h2-6,27H,7-9H2,1H3;1-4,15-16H,5-6H2;2-3H,1H2/b;14-4+;. The lowest BCUT2D eigenvalue weighted by Gasteiger charge is -2.24. The molecule has 3 aliphatic rings. The molecule has 4 aromatic carbocycles. The van der Waals surface area contributed by atoms with E-state index in [0.29, 0.717) is 49.8 Å². The molecule has 3 aliphatic heterocycles. The number of alkyl halides is 7. The van der Waals surface area contributed by atoms with E-state index in [0.717, 1.165) is 18.3 Å². The Balaban J connectivity index is 0.000000188. The van der Waals surface area contributed by atoms with Crippen molar-refractivity contribution in [2.45, 2.75) is 36.3 Å². The van der Waals surface area contributed by atoms with Gasteiger partial charge < -0.3 is 29.4 Å². The average molecular weight is 977 g/mol. The summed E-state index contributed by atoms with van der Waals surface area (Å²) in [6.07, 6.45) is -3.02. The molecule has 1 unspecified atom stereocenters. The topological polar surface area (TPSA) is 113 Å². The van der Waals surface area contributed by atoms with Gasteiger partial charge in [-0.05, 0) is 82.1 Å². The van der Waals surface area contributed by atoms with E-state index in [1.165, 1.54) is 12.1 Å². The van der Waals surface area contributed by atoms with Crippen molar-refractivity contribution in [3.05, 3.63) is 131 Å². The van der Waals surface area contributed by atoms with Crippen LogP contribution >= 0.6 is 69.6 Å². The second kappa shape index (κ2) is 19.3. The molecular weight excluding hydrogens is 948 g/mol. The Morgan fingerprint density at radius 1 is 0.770 bits per heavy atom. The Morgan fingerprint density at radius 3 is 1.69 bits per heavy atom. The molecule has 0 aromatic heterocycles. The van der Waals surface area contributed by atoms with Crippen molar-refractivity contribution in [1.29, 1.82) is 0 Å². The van der Waals surface area contributed by atoms with Crippen molar-refractivity contribution in [2.24, 2.45) is 10.3 Å². The molecule has 0 radical (unpaired) electrons. The minimum absolute atomic E-state index is 0.0251. The lowest BCUT2D eigenvalue weighted by atomic mass is 9.77. The fraction of sp³-hybridized carbons (Fsp3) is 0.263. The molecule has 1 atom stereocenters. The molecule has 3 N–H and O–H groups in total. The van der Waals surface area contributed by atoms with Gasteiger partial charge in [-0.3, -0.25) is 0 Å². The summed E-state index contributed by atoms with van der Waals surface area (Å²) >= 11 is 35.1. The van der Waals surface area contributed by atoms with E-state index in [-0.39, 0.29) is 36.8 Å². The third-order valence-corrected chi connectivity index (χ3v) is 12.2. The minimum atomic E-state index is -4.51. The number of hydrogen-bond acceptors (Lipinski definition) is 8. The highest BCUT2D eigenvalue weighted by Crippen LogP contribution is 2.42. The first-order valence-electron chi connectivity index (χ1n) is 17.4. The van der Waals surface area contributed by atoms with Crippen LogP contribution in [0.3, 0.4) is 0 Å². The van der Waals surface area contributed by atoms with Gasteiger partial charge in [0.25, 0.3) is 0 Å². The molecule has 0 saturated heterocycles. The third-order valence-electron chi connectivity index (χ3n) is 9.85. The van der Waals surface area contributed by atoms with Crippen LogP contribution in [-0.4, -0.2) is 74.3 Å². The van der Waals surface area contributed by atoms with Gasteiger partial charge in [0.1, 0.15) is 37.9 Å². The second-order valence-corrected chi connectivity index (χ2v) is 16.3. The van der Waals surface area contributed by atoms with E-state index in [1.807, 2.05) is 6.92 Å². The Labute approximate surface area is 374 Å². The van der Waals surface area contributed by atoms with Crippen molar-refractivity contribution in [2.75, 3.05) is 26.7 Å². The highest BCUT2D eigenvalue weighted by Gasteiger charge is 2.49. The smallest absolute Gasteiger partial charge is 0.423 e. The number of rotatable bonds is 8. The quantitative estimate of drug-likeness (QED) is 0.0405. The lowest BCUT2D eigenvalue weighted by Crippen LogP contribution is -2.33. The van der Waals surface area contributed by atoms with E-state index in [9.17, 15) is 40.8 Å². The van der Waals surface area contributed by atoms with Gasteiger partial charge in [0.05, 0.1) is 47.6 Å².